The molecular weight excluding hydrogens is 403 g/mol. The molecule has 1 aliphatic carbocycles. The molecule has 1 saturated carbocycles. The van der Waals surface area contributed by atoms with Crippen molar-refractivity contribution in [1.29, 1.82) is 0 Å². The minimum Gasteiger partial charge on any atom is -0.359 e. The van der Waals surface area contributed by atoms with E-state index >= 15 is 0 Å². The molecule has 5 nitrogen and oxygen atoms in total. The number of hydrogen-bond donors (Lipinski definition) is 2. The number of aliphatic imine (C=N–C) groups is 1. The Labute approximate surface area is 157 Å². The Kier molecular flexibility index (Phi) is 9.59. The molecule has 1 aliphatic rings. The first-order valence-corrected chi connectivity index (χ1v) is 8.77. The largest absolute Gasteiger partial charge is 0.359 e. The van der Waals surface area contributed by atoms with Crippen LogP contribution < -0.4 is 10.6 Å². The molecule has 0 aliphatic heterocycles. The molecule has 1 fully saturated rings. The summed E-state index contributed by atoms with van der Waals surface area (Å²) in [5.41, 5.74) is 1.06. The lowest BCUT2D eigenvalue weighted by molar-refractivity contribution is 0.372. The van der Waals surface area contributed by atoms with Crippen molar-refractivity contribution in [2.45, 2.75) is 77.8 Å². The summed E-state index contributed by atoms with van der Waals surface area (Å²) < 4.78 is 5.44. The van der Waals surface area contributed by atoms with Crippen LogP contribution in [0.1, 0.15) is 76.7 Å². The van der Waals surface area contributed by atoms with Crippen molar-refractivity contribution in [2.75, 3.05) is 6.54 Å². The molecule has 1 aromatic rings. The Morgan fingerprint density at radius 1 is 1.30 bits per heavy atom. The Balaban J connectivity index is 0.00000264. The predicted molar refractivity (Wildman–Crippen MR) is 105 cm³/mol. The first kappa shape index (κ1) is 20.3. The van der Waals surface area contributed by atoms with Crippen molar-refractivity contribution in [3.8, 4) is 0 Å². The molecule has 0 unspecified atom stereocenters. The highest BCUT2D eigenvalue weighted by Gasteiger charge is 2.16. The lowest BCUT2D eigenvalue weighted by Crippen LogP contribution is -2.42. The maximum absolute atomic E-state index is 5.44. The lowest BCUT2D eigenvalue weighted by atomic mass is 9.99. The zero-order chi connectivity index (χ0) is 15.8. The summed E-state index contributed by atoms with van der Waals surface area (Å²) in [7, 11) is 0. The summed E-state index contributed by atoms with van der Waals surface area (Å²) in [5, 5.41) is 11.0. The van der Waals surface area contributed by atoms with Gasteiger partial charge in [0.1, 0.15) is 6.54 Å². The van der Waals surface area contributed by atoms with Crippen LogP contribution in [-0.4, -0.2) is 23.7 Å². The number of nitrogens with zero attached hydrogens (tertiary/aromatic N) is 2. The third-order valence-corrected chi connectivity index (χ3v) is 4.41. The van der Waals surface area contributed by atoms with Crippen LogP contribution in [0, 0.1) is 0 Å². The molecule has 0 atom stereocenters. The molecule has 0 spiro atoms. The monoisotopic (exact) mass is 434 g/mol. The topological polar surface area (TPSA) is 62.5 Å². The van der Waals surface area contributed by atoms with Crippen molar-refractivity contribution in [1.82, 2.24) is 15.8 Å². The van der Waals surface area contributed by atoms with Crippen LogP contribution in [0.15, 0.2) is 15.6 Å². The van der Waals surface area contributed by atoms with Crippen molar-refractivity contribution < 1.29 is 4.52 Å². The van der Waals surface area contributed by atoms with Gasteiger partial charge in [-0.3, -0.25) is 0 Å². The van der Waals surface area contributed by atoms with Gasteiger partial charge < -0.3 is 15.2 Å². The third-order valence-electron chi connectivity index (χ3n) is 4.41. The van der Waals surface area contributed by atoms with E-state index in [2.05, 4.69) is 47.6 Å². The van der Waals surface area contributed by atoms with Crippen LogP contribution in [0.3, 0.4) is 0 Å². The van der Waals surface area contributed by atoms with Gasteiger partial charge in [0.15, 0.2) is 11.7 Å². The highest BCUT2D eigenvalue weighted by atomic mass is 127. The molecule has 2 N–H and O–H groups in total. The fourth-order valence-corrected chi connectivity index (χ4v) is 3.04. The summed E-state index contributed by atoms with van der Waals surface area (Å²) in [4.78, 5) is 4.63. The van der Waals surface area contributed by atoms with E-state index in [1.165, 1.54) is 25.7 Å². The van der Waals surface area contributed by atoms with Gasteiger partial charge in [-0.25, -0.2) is 4.99 Å². The van der Waals surface area contributed by atoms with E-state index in [0.29, 0.717) is 18.5 Å². The second kappa shape index (κ2) is 10.9. The molecule has 0 radical (unpaired) electrons. The summed E-state index contributed by atoms with van der Waals surface area (Å²) in [6.07, 6.45) is 7.31. The number of guanidine groups is 1. The average molecular weight is 434 g/mol. The van der Waals surface area contributed by atoms with Crippen LogP contribution in [-0.2, 0) is 6.54 Å². The van der Waals surface area contributed by atoms with E-state index in [4.69, 9.17) is 4.52 Å². The summed E-state index contributed by atoms with van der Waals surface area (Å²) in [6.45, 7) is 7.87. The Hall–Kier alpha value is -0.790. The van der Waals surface area contributed by atoms with Gasteiger partial charge in [0.05, 0.1) is 5.69 Å². The maximum Gasteiger partial charge on any atom is 0.191 e. The fraction of sp³-hybridized carbons (Fsp3) is 0.765. The van der Waals surface area contributed by atoms with Crippen LogP contribution in [0.4, 0.5) is 0 Å². The van der Waals surface area contributed by atoms with Crippen LogP contribution in [0.25, 0.3) is 0 Å². The number of aromatic nitrogens is 1. The third kappa shape index (κ3) is 6.31. The van der Waals surface area contributed by atoms with Gasteiger partial charge in [0, 0.05) is 24.6 Å². The van der Waals surface area contributed by atoms with Gasteiger partial charge in [-0.1, -0.05) is 31.8 Å². The van der Waals surface area contributed by atoms with E-state index in [1.54, 1.807) is 0 Å². The van der Waals surface area contributed by atoms with E-state index in [0.717, 1.165) is 36.8 Å². The first-order chi connectivity index (χ1) is 10.8. The minimum atomic E-state index is 0. The molecule has 2 rings (SSSR count). The van der Waals surface area contributed by atoms with Crippen LogP contribution >= 0.6 is 24.0 Å². The van der Waals surface area contributed by atoms with Gasteiger partial charge in [0.25, 0.3) is 0 Å². The highest BCUT2D eigenvalue weighted by molar-refractivity contribution is 14.0. The molecule has 23 heavy (non-hydrogen) atoms. The number of halogens is 1. The SMILES string of the molecule is CCNC(=NCc1cc(C(CC)CC)no1)NC1CCCC1.I. The van der Waals surface area contributed by atoms with Gasteiger partial charge in [-0.15, -0.1) is 24.0 Å². The van der Waals surface area contributed by atoms with E-state index in [-0.39, 0.29) is 24.0 Å². The quantitative estimate of drug-likeness (QED) is 0.384. The van der Waals surface area contributed by atoms with Gasteiger partial charge in [0.2, 0.25) is 0 Å². The van der Waals surface area contributed by atoms with E-state index < -0.39 is 0 Å². The van der Waals surface area contributed by atoms with Gasteiger partial charge in [-0.05, 0) is 32.6 Å². The Morgan fingerprint density at radius 3 is 2.61 bits per heavy atom. The van der Waals surface area contributed by atoms with Crippen LogP contribution in [0.2, 0.25) is 0 Å². The number of nitrogens with one attached hydrogen (secondary N) is 2. The molecule has 0 aromatic carbocycles. The molecule has 1 heterocycles. The normalized spacial score (nSPS) is 15.7. The van der Waals surface area contributed by atoms with Crippen molar-refractivity contribution >= 4 is 29.9 Å². The van der Waals surface area contributed by atoms with Crippen molar-refractivity contribution in [2.24, 2.45) is 4.99 Å². The molecule has 0 saturated heterocycles. The minimum absolute atomic E-state index is 0. The molecule has 0 amide bonds. The molecular formula is C17H31IN4O. The summed E-state index contributed by atoms with van der Waals surface area (Å²) in [5.74, 6) is 2.21. The molecule has 132 valence electrons. The Bertz CT molecular complexity index is 465. The van der Waals surface area contributed by atoms with E-state index in [1.807, 2.05) is 0 Å². The number of rotatable bonds is 7. The van der Waals surface area contributed by atoms with Crippen LogP contribution in [0.5, 0.6) is 0 Å². The second-order valence-corrected chi connectivity index (χ2v) is 6.05. The fourth-order valence-electron chi connectivity index (χ4n) is 3.04. The molecule has 6 heteroatoms. The highest BCUT2D eigenvalue weighted by Crippen LogP contribution is 2.22. The smallest absolute Gasteiger partial charge is 0.191 e. The average Bonchev–Trinajstić information content (AvgIpc) is 3.18. The summed E-state index contributed by atoms with van der Waals surface area (Å²) >= 11 is 0. The van der Waals surface area contributed by atoms with Crippen molar-refractivity contribution in [3.63, 3.8) is 0 Å². The number of hydrogen-bond acceptors (Lipinski definition) is 3. The summed E-state index contributed by atoms with van der Waals surface area (Å²) in [6, 6.07) is 2.62. The van der Waals surface area contributed by atoms with E-state index in [9.17, 15) is 0 Å². The second-order valence-electron chi connectivity index (χ2n) is 6.05. The first-order valence-electron chi connectivity index (χ1n) is 8.77. The zero-order valence-corrected chi connectivity index (χ0v) is 16.9. The van der Waals surface area contributed by atoms with Crippen molar-refractivity contribution in [3.05, 3.63) is 17.5 Å². The standard InChI is InChI=1S/C17H30N4O.HI/c1-4-13(5-2)16-11-15(22-21-16)12-19-17(18-6-3)20-14-9-7-8-10-14;/h11,13-14H,4-10,12H2,1-3H3,(H2,18,19,20);1H. The predicted octanol–water partition coefficient (Wildman–Crippen LogP) is 4.19. The van der Waals surface area contributed by atoms with Gasteiger partial charge in [-0.2, -0.15) is 0 Å². The maximum atomic E-state index is 5.44. The molecule has 0 bridgehead atoms. The molecule has 1 aromatic heterocycles. The lowest BCUT2D eigenvalue weighted by Gasteiger charge is -2.16. The zero-order valence-electron chi connectivity index (χ0n) is 14.6. The Morgan fingerprint density at radius 2 is 2.00 bits per heavy atom. The van der Waals surface area contributed by atoms with Gasteiger partial charge >= 0.3 is 0 Å².